The standard InChI is InChI=1S/C16H34N2/c1-5-6-8-11-16(2,3)14-17-13-15-10-7-9-12-18(15)4/h15,17H,5-14H2,1-4H3. The van der Waals surface area contributed by atoms with Gasteiger partial charge in [-0.2, -0.15) is 0 Å². The first kappa shape index (κ1) is 16.0. The van der Waals surface area contributed by atoms with Crippen molar-refractivity contribution in [2.45, 2.75) is 71.8 Å². The number of nitrogens with one attached hydrogen (secondary N) is 1. The van der Waals surface area contributed by atoms with Crippen molar-refractivity contribution in [1.82, 2.24) is 10.2 Å². The average molecular weight is 254 g/mol. The molecule has 108 valence electrons. The molecule has 0 amide bonds. The first-order valence-electron chi connectivity index (χ1n) is 7.96. The Balaban J connectivity index is 2.15. The molecule has 1 fully saturated rings. The van der Waals surface area contributed by atoms with Crippen LogP contribution in [0.3, 0.4) is 0 Å². The van der Waals surface area contributed by atoms with Crippen molar-refractivity contribution in [3.05, 3.63) is 0 Å². The first-order chi connectivity index (χ1) is 8.55. The van der Waals surface area contributed by atoms with Gasteiger partial charge in [-0.1, -0.05) is 46.5 Å². The van der Waals surface area contributed by atoms with E-state index < -0.39 is 0 Å². The van der Waals surface area contributed by atoms with E-state index in [1.807, 2.05) is 0 Å². The molecule has 0 spiro atoms. The molecule has 0 aromatic carbocycles. The van der Waals surface area contributed by atoms with Crippen molar-refractivity contribution in [2.75, 3.05) is 26.7 Å². The molecule has 1 heterocycles. The summed E-state index contributed by atoms with van der Waals surface area (Å²) in [5.41, 5.74) is 0.461. The molecule has 1 atom stereocenters. The lowest BCUT2D eigenvalue weighted by atomic mass is 9.86. The third-order valence-corrected chi connectivity index (χ3v) is 4.36. The fourth-order valence-corrected chi connectivity index (χ4v) is 2.92. The Bertz CT molecular complexity index is 213. The van der Waals surface area contributed by atoms with E-state index in [-0.39, 0.29) is 0 Å². The van der Waals surface area contributed by atoms with Crippen molar-refractivity contribution < 1.29 is 0 Å². The highest BCUT2D eigenvalue weighted by atomic mass is 15.2. The molecule has 0 aromatic rings. The maximum Gasteiger partial charge on any atom is 0.0217 e. The lowest BCUT2D eigenvalue weighted by Crippen LogP contribution is -2.44. The van der Waals surface area contributed by atoms with E-state index in [0.29, 0.717) is 5.41 Å². The van der Waals surface area contributed by atoms with Gasteiger partial charge in [0.15, 0.2) is 0 Å². The highest BCUT2D eigenvalue weighted by Crippen LogP contribution is 2.23. The molecule has 2 heteroatoms. The van der Waals surface area contributed by atoms with Crippen LogP contribution in [0.4, 0.5) is 0 Å². The second-order valence-electron chi connectivity index (χ2n) is 6.88. The van der Waals surface area contributed by atoms with Crippen LogP contribution in [0.5, 0.6) is 0 Å². The molecule has 1 rings (SSSR count). The molecule has 1 aliphatic rings. The number of likely N-dealkylation sites (N-methyl/N-ethyl adjacent to an activating group) is 1. The van der Waals surface area contributed by atoms with Crippen molar-refractivity contribution in [3.8, 4) is 0 Å². The normalized spacial score (nSPS) is 22.3. The highest BCUT2D eigenvalue weighted by Gasteiger charge is 2.21. The zero-order valence-corrected chi connectivity index (χ0v) is 13.1. The van der Waals surface area contributed by atoms with Gasteiger partial charge in [-0.05, 0) is 38.3 Å². The first-order valence-corrected chi connectivity index (χ1v) is 7.96. The Hall–Kier alpha value is -0.0800. The van der Waals surface area contributed by atoms with Gasteiger partial charge in [0, 0.05) is 19.1 Å². The maximum absolute atomic E-state index is 3.71. The number of piperidine rings is 1. The predicted octanol–water partition coefficient (Wildman–Crippen LogP) is 3.67. The zero-order valence-electron chi connectivity index (χ0n) is 13.1. The average Bonchev–Trinajstić information content (AvgIpc) is 2.32. The SMILES string of the molecule is CCCCCC(C)(C)CNCC1CCCCN1C. The van der Waals surface area contributed by atoms with E-state index in [9.17, 15) is 0 Å². The summed E-state index contributed by atoms with van der Waals surface area (Å²) < 4.78 is 0. The molecule has 1 aliphatic heterocycles. The second kappa shape index (κ2) is 8.16. The number of hydrogen-bond acceptors (Lipinski definition) is 2. The van der Waals surface area contributed by atoms with Crippen LogP contribution in [0.25, 0.3) is 0 Å². The molecule has 1 saturated heterocycles. The summed E-state index contributed by atoms with van der Waals surface area (Å²) >= 11 is 0. The van der Waals surface area contributed by atoms with Crippen LogP contribution >= 0.6 is 0 Å². The fraction of sp³-hybridized carbons (Fsp3) is 1.00. The summed E-state index contributed by atoms with van der Waals surface area (Å²) in [5.74, 6) is 0. The second-order valence-corrected chi connectivity index (χ2v) is 6.88. The quantitative estimate of drug-likeness (QED) is 0.665. The number of rotatable bonds is 8. The monoisotopic (exact) mass is 254 g/mol. The Morgan fingerprint density at radius 1 is 1.22 bits per heavy atom. The molecule has 0 radical (unpaired) electrons. The summed E-state index contributed by atoms with van der Waals surface area (Å²) in [6, 6.07) is 0.769. The van der Waals surface area contributed by atoms with Crippen molar-refractivity contribution in [2.24, 2.45) is 5.41 Å². The zero-order chi connectivity index (χ0) is 13.4. The molecular formula is C16H34N2. The van der Waals surface area contributed by atoms with E-state index >= 15 is 0 Å². The van der Waals surface area contributed by atoms with Crippen LogP contribution in [0.15, 0.2) is 0 Å². The van der Waals surface area contributed by atoms with Gasteiger partial charge < -0.3 is 10.2 Å². The minimum Gasteiger partial charge on any atom is -0.315 e. The summed E-state index contributed by atoms with van der Waals surface area (Å²) in [5, 5.41) is 3.71. The molecule has 2 nitrogen and oxygen atoms in total. The van der Waals surface area contributed by atoms with Crippen LogP contribution in [0, 0.1) is 5.41 Å². The third kappa shape index (κ3) is 6.19. The number of hydrogen-bond donors (Lipinski definition) is 1. The molecule has 0 saturated carbocycles. The van der Waals surface area contributed by atoms with E-state index in [1.54, 1.807) is 0 Å². The molecule has 1 N–H and O–H groups in total. The van der Waals surface area contributed by atoms with Gasteiger partial charge in [-0.25, -0.2) is 0 Å². The van der Waals surface area contributed by atoms with Gasteiger partial charge in [0.2, 0.25) is 0 Å². The molecular weight excluding hydrogens is 220 g/mol. The summed E-state index contributed by atoms with van der Waals surface area (Å²) in [4.78, 5) is 2.53. The van der Waals surface area contributed by atoms with Gasteiger partial charge in [-0.15, -0.1) is 0 Å². The van der Waals surface area contributed by atoms with Gasteiger partial charge in [0.1, 0.15) is 0 Å². The van der Waals surface area contributed by atoms with Gasteiger partial charge >= 0.3 is 0 Å². The van der Waals surface area contributed by atoms with Gasteiger partial charge in [0.25, 0.3) is 0 Å². The van der Waals surface area contributed by atoms with Crippen molar-refractivity contribution >= 4 is 0 Å². The topological polar surface area (TPSA) is 15.3 Å². The number of likely N-dealkylation sites (tertiary alicyclic amines) is 1. The van der Waals surface area contributed by atoms with Gasteiger partial charge in [0.05, 0.1) is 0 Å². The Labute approximate surface area is 115 Å². The smallest absolute Gasteiger partial charge is 0.0217 e. The van der Waals surface area contributed by atoms with Crippen LogP contribution in [0.1, 0.15) is 65.7 Å². The molecule has 0 bridgehead atoms. The lowest BCUT2D eigenvalue weighted by Gasteiger charge is -2.34. The van der Waals surface area contributed by atoms with Gasteiger partial charge in [-0.3, -0.25) is 0 Å². The third-order valence-electron chi connectivity index (χ3n) is 4.36. The fourth-order valence-electron chi connectivity index (χ4n) is 2.92. The Morgan fingerprint density at radius 2 is 2.00 bits per heavy atom. The van der Waals surface area contributed by atoms with Crippen molar-refractivity contribution in [3.63, 3.8) is 0 Å². The molecule has 0 aromatic heterocycles. The van der Waals surface area contributed by atoms with E-state index in [4.69, 9.17) is 0 Å². The molecule has 0 aliphatic carbocycles. The van der Waals surface area contributed by atoms with E-state index in [0.717, 1.165) is 6.04 Å². The van der Waals surface area contributed by atoms with Crippen LogP contribution in [-0.4, -0.2) is 37.6 Å². The largest absolute Gasteiger partial charge is 0.315 e. The van der Waals surface area contributed by atoms with Crippen LogP contribution in [-0.2, 0) is 0 Å². The predicted molar refractivity (Wildman–Crippen MR) is 81.1 cm³/mol. The molecule has 1 unspecified atom stereocenters. The Morgan fingerprint density at radius 3 is 2.67 bits per heavy atom. The number of unbranched alkanes of at least 4 members (excludes halogenated alkanes) is 2. The lowest BCUT2D eigenvalue weighted by molar-refractivity contribution is 0.175. The highest BCUT2D eigenvalue weighted by molar-refractivity contribution is 4.78. The maximum atomic E-state index is 3.71. The Kier molecular flexibility index (Phi) is 7.25. The minimum absolute atomic E-state index is 0.461. The number of nitrogens with zero attached hydrogens (tertiary/aromatic N) is 1. The summed E-state index contributed by atoms with van der Waals surface area (Å²) in [6.45, 7) is 10.7. The van der Waals surface area contributed by atoms with E-state index in [1.165, 1.54) is 64.6 Å². The summed E-state index contributed by atoms with van der Waals surface area (Å²) in [7, 11) is 2.28. The van der Waals surface area contributed by atoms with E-state index in [2.05, 4.69) is 38.0 Å². The van der Waals surface area contributed by atoms with Crippen molar-refractivity contribution in [1.29, 1.82) is 0 Å². The van der Waals surface area contributed by atoms with Crippen LogP contribution in [0.2, 0.25) is 0 Å². The summed E-state index contributed by atoms with van der Waals surface area (Å²) in [6.07, 6.45) is 9.62. The van der Waals surface area contributed by atoms with Crippen LogP contribution < -0.4 is 5.32 Å². The minimum atomic E-state index is 0.461. The molecule has 18 heavy (non-hydrogen) atoms.